The maximum absolute atomic E-state index is 11.1. The molecule has 0 saturated heterocycles. The van der Waals surface area contributed by atoms with Crippen LogP contribution in [-0.2, 0) is 6.42 Å². The fraction of sp³-hybridized carbons (Fsp3) is 0.364. The zero-order chi connectivity index (χ0) is 14.2. The van der Waals surface area contributed by atoms with E-state index in [9.17, 15) is 10.1 Å². The Hall–Kier alpha value is -2.51. The van der Waals surface area contributed by atoms with Crippen LogP contribution in [0.3, 0.4) is 0 Å². The van der Waals surface area contributed by atoms with Gasteiger partial charge in [0.15, 0.2) is 0 Å². The number of nitrogen functional groups attached to an aromatic ring is 1. The van der Waals surface area contributed by atoms with Crippen molar-refractivity contribution in [2.45, 2.75) is 27.2 Å². The number of nitrogens with two attached hydrogens (primary N) is 1. The monoisotopic (exact) mass is 262 g/mol. The van der Waals surface area contributed by atoms with Crippen molar-refractivity contribution in [3.63, 3.8) is 0 Å². The molecular weight excluding hydrogens is 248 g/mol. The summed E-state index contributed by atoms with van der Waals surface area (Å²) in [7, 11) is 0. The third-order valence-electron chi connectivity index (χ3n) is 3.01. The lowest BCUT2D eigenvalue weighted by Gasteiger charge is -2.05. The van der Waals surface area contributed by atoms with Crippen molar-refractivity contribution in [1.29, 1.82) is 0 Å². The fourth-order valence-corrected chi connectivity index (χ4v) is 2.11. The van der Waals surface area contributed by atoms with Gasteiger partial charge in [0.25, 0.3) is 0 Å². The highest BCUT2D eigenvalue weighted by molar-refractivity contribution is 5.61. The van der Waals surface area contributed by atoms with Crippen LogP contribution in [-0.4, -0.2) is 24.7 Å². The average Bonchev–Trinajstić information content (AvgIpc) is 2.63. The Balaban J connectivity index is 2.73. The lowest BCUT2D eigenvalue weighted by Crippen LogP contribution is -2.09. The largest absolute Gasteiger partial charge is 0.378 e. The van der Waals surface area contributed by atoms with E-state index in [1.807, 2.05) is 20.8 Å². The Bertz CT molecular complexity index is 649. The minimum Gasteiger partial charge on any atom is -0.378 e. The molecule has 0 aliphatic rings. The van der Waals surface area contributed by atoms with Gasteiger partial charge in [0.2, 0.25) is 11.6 Å². The maximum atomic E-state index is 11.1. The molecule has 0 atom stereocenters. The number of aryl methyl sites for hydroxylation is 1. The van der Waals surface area contributed by atoms with Gasteiger partial charge in [-0.15, -0.1) is 0 Å². The van der Waals surface area contributed by atoms with Crippen LogP contribution in [0.15, 0.2) is 6.33 Å². The molecule has 0 aliphatic heterocycles. The molecule has 0 bridgehead atoms. The summed E-state index contributed by atoms with van der Waals surface area (Å²) in [6.45, 7) is 5.71. The number of nitrogens with zero attached hydrogens (tertiary/aromatic N) is 5. The molecule has 2 N–H and O–H groups in total. The van der Waals surface area contributed by atoms with Gasteiger partial charge < -0.3 is 5.73 Å². The predicted octanol–water partition coefficient (Wildman–Crippen LogP) is 1.33. The molecule has 2 aromatic heterocycles. The summed E-state index contributed by atoms with van der Waals surface area (Å²) in [6.07, 6.45) is 1.99. The van der Waals surface area contributed by atoms with Crippen molar-refractivity contribution in [2.24, 2.45) is 0 Å². The Labute approximate surface area is 109 Å². The summed E-state index contributed by atoms with van der Waals surface area (Å²) in [4.78, 5) is 18.1. The van der Waals surface area contributed by atoms with E-state index in [1.54, 1.807) is 0 Å². The van der Waals surface area contributed by atoms with Gasteiger partial charge in [-0.05, 0) is 25.8 Å². The van der Waals surface area contributed by atoms with Crippen LogP contribution in [0.4, 0.5) is 11.5 Å². The third kappa shape index (κ3) is 2.01. The van der Waals surface area contributed by atoms with E-state index in [0.29, 0.717) is 0 Å². The SMILES string of the molecule is CCc1c(C)nn(-c2ncnc(N)c2[N+](=O)[O-])c1C. The Morgan fingerprint density at radius 1 is 1.42 bits per heavy atom. The topological polar surface area (TPSA) is 113 Å². The van der Waals surface area contributed by atoms with E-state index in [4.69, 9.17) is 5.73 Å². The Morgan fingerprint density at radius 2 is 2.11 bits per heavy atom. The molecule has 0 aromatic carbocycles. The number of rotatable bonds is 3. The number of aromatic nitrogens is 4. The molecule has 0 saturated carbocycles. The van der Waals surface area contributed by atoms with Crippen LogP contribution in [0.1, 0.15) is 23.9 Å². The first-order chi connectivity index (χ1) is 8.97. The number of hydrogen-bond donors (Lipinski definition) is 1. The van der Waals surface area contributed by atoms with Gasteiger partial charge in [-0.25, -0.2) is 14.6 Å². The van der Waals surface area contributed by atoms with Crippen LogP contribution in [0, 0.1) is 24.0 Å². The summed E-state index contributed by atoms with van der Waals surface area (Å²) in [5.41, 5.74) is 7.92. The minimum absolute atomic E-state index is 0.0952. The maximum Gasteiger partial charge on any atom is 0.355 e. The van der Waals surface area contributed by atoms with Crippen molar-refractivity contribution in [1.82, 2.24) is 19.7 Å². The van der Waals surface area contributed by atoms with Crippen LogP contribution < -0.4 is 5.73 Å². The summed E-state index contributed by atoms with van der Waals surface area (Å²) < 4.78 is 1.45. The molecule has 0 radical (unpaired) electrons. The smallest absolute Gasteiger partial charge is 0.355 e. The van der Waals surface area contributed by atoms with Crippen molar-refractivity contribution in [3.8, 4) is 5.82 Å². The lowest BCUT2D eigenvalue weighted by molar-refractivity contribution is -0.384. The molecule has 19 heavy (non-hydrogen) atoms. The van der Waals surface area contributed by atoms with E-state index in [1.165, 1.54) is 11.0 Å². The second-order valence-corrected chi connectivity index (χ2v) is 4.10. The molecule has 0 fully saturated rings. The van der Waals surface area contributed by atoms with Gasteiger partial charge in [0, 0.05) is 5.69 Å². The first-order valence-corrected chi connectivity index (χ1v) is 5.77. The molecule has 0 spiro atoms. The van der Waals surface area contributed by atoms with Gasteiger partial charge in [-0.2, -0.15) is 5.10 Å². The van der Waals surface area contributed by atoms with Crippen molar-refractivity contribution >= 4 is 11.5 Å². The molecule has 0 amide bonds. The Morgan fingerprint density at radius 3 is 2.63 bits per heavy atom. The van der Waals surface area contributed by atoms with Crippen molar-refractivity contribution in [2.75, 3.05) is 5.73 Å². The van der Waals surface area contributed by atoms with Crippen molar-refractivity contribution < 1.29 is 4.92 Å². The van der Waals surface area contributed by atoms with Crippen LogP contribution in [0.2, 0.25) is 0 Å². The average molecular weight is 262 g/mol. The van der Waals surface area contributed by atoms with E-state index in [2.05, 4.69) is 15.1 Å². The van der Waals surface area contributed by atoms with E-state index in [0.717, 1.165) is 23.4 Å². The molecule has 100 valence electrons. The molecule has 8 heteroatoms. The number of nitro groups is 1. The summed E-state index contributed by atoms with van der Waals surface area (Å²) in [5, 5.41) is 15.4. The summed E-state index contributed by atoms with van der Waals surface area (Å²) >= 11 is 0. The van der Waals surface area contributed by atoms with Crippen LogP contribution in [0.5, 0.6) is 0 Å². The van der Waals surface area contributed by atoms with Gasteiger partial charge >= 0.3 is 5.69 Å². The van der Waals surface area contributed by atoms with Crippen molar-refractivity contribution in [3.05, 3.63) is 33.4 Å². The normalized spacial score (nSPS) is 10.7. The number of anilines is 1. The molecule has 2 rings (SSSR count). The van der Waals surface area contributed by atoms with Crippen LogP contribution in [0.25, 0.3) is 5.82 Å². The summed E-state index contributed by atoms with van der Waals surface area (Å²) in [5.74, 6) is -0.0709. The quantitative estimate of drug-likeness (QED) is 0.659. The third-order valence-corrected chi connectivity index (χ3v) is 3.01. The van der Waals surface area contributed by atoms with E-state index in [-0.39, 0.29) is 17.3 Å². The molecule has 2 aromatic rings. The molecule has 0 aliphatic carbocycles. The second-order valence-electron chi connectivity index (χ2n) is 4.10. The van der Waals surface area contributed by atoms with Gasteiger partial charge in [-0.3, -0.25) is 10.1 Å². The highest BCUT2D eigenvalue weighted by Gasteiger charge is 2.25. The molecule has 8 nitrogen and oxygen atoms in total. The first-order valence-electron chi connectivity index (χ1n) is 5.77. The van der Waals surface area contributed by atoms with E-state index >= 15 is 0 Å². The summed E-state index contributed by atoms with van der Waals surface area (Å²) in [6, 6.07) is 0. The van der Waals surface area contributed by atoms with E-state index < -0.39 is 4.92 Å². The Kier molecular flexibility index (Phi) is 3.16. The standard InChI is InChI=1S/C11H14N6O2/c1-4-8-6(2)15-16(7(8)3)11-9(17(18)19)10(12)13-5-14-11/h5H,4H2,1-3H3,(H2,12,13,14). The predicted molar refractivity (Wildman–Crippen MR) is 69.1 cm³/mol. The first kappa shape index (κ1) is 12.9. The molecule has 0 unspecified atom stereocenters. The lowest BCUT2D eigenvalue weighted by atomic mass is 10.1. The van der Waals surface area contributed by atoms with Gasteiger partial charge in [0.1, 0.15) is 6.33 Å². The zero-order valence-corrected chi connectivity index (χ0v) is 10.9. The highest BCUT2D eigenvalue weighted by Crippen LogP contribution is 2.27. The highest BCUT2D eigenvalue weighted by atomic mass is 16.6. The molecular formula is C11H14N6O2. The minimum atomic E-state index is -0.591. The molecule has 2 heterocycles. The second kappa shape index (κ2) is 4.63. The number of hydrogen-bond acceptors (Lipinski definition) is 6. The van der Waals surface area contributed by atoms with Gasteiger partial charge in [-0.1, -0.05) is 6.92 Å². The zero-order valence-electron chi connectivity index (χ0n) is 10.9. The van der Waals surface area contributed by atoms with Crippen LogP contribution >= 0.6 is 0 Å². The fourth-order valence-electron chi connectivity index (χ4n) is 2.11. The van der Waals surface area contributed by atoms with Gasteiger partial charge in [0.05, 0.1) is 10.6 Å².